The number of carbonyl (C=O) groups is 3. The van der Waals surface area contributed by atoms with Gasteiger partial charge in [-0.1, -0.05) is 6.07 Å². The van der Waals surface area contributed by atoms with Crippen molar-refractivity contribution in [1.82, 2.24) is 15.6 Å². The third-order valence-electron chi connectivity index (χ3n) is 7.16. The fourth-order valence-corrected chi connectivity index (χ4v) is 5.08. The van der Waals surface area contributed by atoms with Gasteiger partial charge in [0.2, 0.25) is 5.91 Å². The molecule has 5 aliphatic rings. The van der Waals surface area contributed by atoms with Gasteiger partial charge in [-0.05, 0) is 54.2 Å². The number of anilines is 2. The number of urea groups is 1. The molecule has 0 bridgehead atoms. The number of hydrogen-bond acceptors (Lipinski definition) is 8. The summed E-state index contributed by atoms with van der Waals surface area (Å²) >= 11 is 0. The minimum Gasteiger partial charge on any atom is -0.325 e. The van der Waals surface area contributed by atoms with Crippen LogP contribution in [-0.2, 0) is 15.0 Å². The van der Waals surface area contributed by atoms with E-state index in [-0.39, 0.29) is 16.5 Å². The molecule has 1 unspecified atom stereocenters. The maximum absolute atomic E-state index is 12.3. The lowest BCUT2D eigenvalue weighted by atomic mass is 9.86. The highest BCUT2D eigenvalue weighted by molar-refractivity contribution is 6.30. The van der Waals surface area contributed by atoms with Crippen LogP contribution in [0.5, 0.6) is 0 Å². The van der Waals surface area contributed by atoms with Crippen molar-refractivity contribution in [2.24, 2.45) is 15.1 Å². The molecular weight excluding hydrogens is 438 g/mol. The molecule has 0 aromatic heterocycles. The maximum Gasteiger partial charge on any atom is 0.322 e. The lowest BCUT2D eigenvalue weighted by Gasteiger charge is -2.41. The lowest BCUT2D eigenvalue weighted by Crippen LogP contribution is -2.63. The summed E-state index contributed by atoms with van der Waals surface area (Å²) in [6.07, 6.45) is 6.10. The number of amides is 4. The normalized spacial score (nSPS) is 28.1. The molecule has 12 heteroatoms. The second kappa shape index (κ2) is 6.81. The van der Waals surface area contributed by atoms with E-state index >= 15 is 0 Å². The zero-order valence-electron chi connectivity index (χ0n) is 18.8. The Labute approximate surface area is 195 Å². The minimum absolute atomic E-state index is 0.00614. The van der Waals surface area contributed by atoms with Gasteiger partial charge in [-0.15, -0.1) is 10.0 Å². The summed E-state index contributed by atoms with van der Waals surface area (Å²) in [5.41, 5.74) is 1.03. The molecule has 1 aromatic rings. The molecule has 0 radical (unpaired) electrons. The number of rotatable bonds is 2. The molecule has 6 rings (SSSR count). The number of imide groups is 1. The van der Waals surface area contributed by atoms with E-state index in [9.17, 15) is 14.4 Å². The average Bonchev–Trinajstić information content (AvgIpc) is 3.38. The zero-order chi connectivity index (χ0) is 23.7. The standard InChI is InChI=1S/C22H23N9O3/c1-21(2)14-4-3-13(11-15(14)25-17(21)32)24-19-26-16-12-23-7-10-31(16,29-19)30-8-5-22(6-9-30)18(33)27-20(34)28-22/h3-4,7,10-12H,5-6,8-9H2,1-2H3,(H3-,24,25,27,28,29,32,33,34)/p+1. The van der Waals surface area contributed by atoms with Crippen molar-refractivity contribution in [1.29, 1.82) is 0 Å². The van der Waals surface area contributed by atoms with Crippen LogP contribution in [0.1, 0.15) is 32.3 Å². The van der Waals surface area contributed by atoms with Crippen LogP contribution < -0.4 is 21.3 Å². The van der Waals surface area contributed by atoms with Crippen LogP contribution in [0, 0.1) is 0 Å². The highest BCUT2D eigenvalue weighted by Crippen LogP contribution is 2.39. The number of aliphatic imine (C=N–C) groups is 2. The predicted molar refractivity (Wildman–Crippen MR) is 125 cm³/mol. The first-order valence-electron chi connectivity index (χ1n) is 11.1. The number of carbonyl (C=O) groups excluding carboxylic acids is 3. The number of amidine groups is 1. The molecule has 4 amide bonds. The number of fused-ring (bicyclic) bond motifs is 2. The topological polar surface area (TPSA) is 140 Å². The van der Waals surface area contributed by atoms with E-state index in [0.29, 0.717) is 37.7 Å². The van der Waals surface area contributed by atoms with Crippen molar-refractivity contribution in [3.8, 4) is 0 Å². The van der Waals surface area contributed by atoms with Crippen LogP contribution in [0.2, 0.25) is 0 Å². The maximum atomic E-state index is 12.3. The molecule has 12 nitrogen and oxygen atoms in total. The summed E-state index contributed by atoms with van der Waals surface area (Å²) in [7, 11) is 0. The van der Waals surface area contributed by atoms with Crippen molar-refractivity contribution in [3.63, 3.8) is 0 Å². The molecular formula is C22H24N9O3+. The Bertz CT molecular complexity index is 1270. The molecule has 0 saturated carbocycles. The van der Waals surface area contributed by atoms with Gasteiger partial charge < -0.3 is 16.0 Å². The van der Waals surface area contributed by atoms with E-state index in [1.54, 1.807) is 12.4 Å². The van der Waals surface area contributed by atoms with Gasteiger partial charge in [-0.2, -0.15) is 0 Å². The summed E-state index contributed by atoms with van der Waals surface area (Å²) < 4.78 is 0.00614. The smallest absolute Gasteiger partial charge is 0.322 e. The van der Waals surface area contributed by atoms with Crippen molar-refractivity contribution in [3.05, 3.63) is 36.2 Å². The fourth-order valence-electron chi connectivity index (χ4n) is 5.08. The van der Waals surface area contributed by atoms with Gasteiger partial charge in [-0.25, -0.2) is 4.79 Å². The Morgan fingerprint density at radius 2 is 1.88 bits per heavy atom. The Morgan fingerprint density at radius 3 is 2.62 bits per heavy atom. The van der Waals surface area contributed by atoms with Crippen molar-refractivity contribution < 1.29 is 19.1 Å². The quantitative estimate of drug-likeness (QED) is 0.383. The Kier molecular flexibility index (Phi) is 4.14. The lowest BCUT2D eigenvalue weighted by molar-refractivity contribution is -0.918. The van der Waals surface area contributed by atoms with Crippen LogP contribution in [0.4, 0.5) is 16.2 Å². The molecule has 0 aliphatic carbocycles. The third-order valence-corrected chi connectivity index (χ3v) is 7.16. The second-order valence-electron chi connectivity index (χ2n) is 9.53. The highest BCUT2D eigenvalue weighted by atomic mass is 16.2. The Balaban J connectivity index is 1.25. The van der Waals surface area contributed by atoms with E-state index in [1.165, 1.54) is 0 Å². The number of nitrogens with one attached hydrogen (secondary N) is 4. The van der Waals surface area contributed by atoms with E-state index in [1.807, 2.05) is 38.2 Å². The monoisotopic (exact) mass is 462 g/mol. The van der Waals surface area contributed by atoms with Gasteiger partial charge >= 0.3 is 11.9 Å². The van der Waals surface area contributed by atoms with Gasteiger partial charge in [0.15, 0.2) is 6.20 Å². The second-order valence-corrected chi connectivity index (χ2v) is 9.53. The third kappa shape index (κ3) is 2.85. The summed E-state index contributed by atoms with van der Waals surface area (Å²) in [4.78, 5) is 45.1. The van der Waals surface area contributed by atoms with Crippen LogP contribution in [0.25, 0.3) is 0 Å². The van der Waals surface area contributed by atoms with E-state index in [2.05, 4.69) is 36.3 Å². The first kappa shape index (κ1) is 20.7. The first-order valence-corrected chi connectivity index (χ1v) is 11.1. The zero-order valence-corrected chi connectivity index (χ0v) is 18.8. The molecule has 1 atom stereocenters. The molecule has 174 valence electrons. The number of guanidine groups is 1. The largest absolute Gasteiger partial charge is 0.325 e. The van der Waals surface area contributed by atoms with E-state index in [0.717, 1.165) is 16.9 Å². The van der Waals surface area contributed by atoms with Crippen molar-refractivity contribution in [2.75, 3.05) is 23.7 Å². The molecule has 34 heavy (non-hydrogen) atoms. The van der Waals surface area contributed by atoms with Gasteiger partial charge in [0.1, 0.15) is 11.8 Å². The van der Waals surface area contributed by atoms with Gasteiger partial charge in [0.05, 0.1) is 24.7 Å². The van der Waals surface area contributed by atoms with Gasteiger partial charge in [0.25, 0.3) is 11.9 Å². The highest BCUT2D eigenvalue weighted by Gasteiger charge is 2.54. The van der Waals surface area contributed by atoms with E-state index in [4.69, 9.17) is 5.10 Å². The summed E-state index contributed by atoms with van der Waals surface area (Å²) in [5, 5.41) is 18.2. The summed E-state index contributed by atoms with van der Waals surface area (Å²) in [5.74, 6) is 0.720. The van der Waals surface area contributed by atoms with Crippen LogP contribution >= 0.6 is 0 Å². The number of nitrogens with zero attached hydrogens (tertiary/aromatic N) is 5. The number of quaternary nitrogens is 1. The van der Waals surface area contributed by atoms with Crippen LogP contribution in [0.3, 0.4) is 0 Å². The van der Waals surface area contributed by atoms with Gasteiger partial charge in [0, 0.05) is 11.4 Å². The molecule has 5 aliphatic heterocycles. The van der Waals surface area contributed by atoms with Crippen LogP contribution in [0.15, 0.2) is 45.7 Å². The van der Waals surface area contributed by atoms with Gasteiger partial charge in [-0.3, -0.25) is 19.9 Å². The number of benzene rings is 1. The average molecular weight is 462 g/mol. The molecule has 2 fully saturated rings. The first-order chi connectivity index (χ1) is 16.2. The SMILES string of the molecule is CC1(C)C(=O)Nc2cc(NC3=N[N+]4(N5CCC6(CC5)NC(=O)NC6=O)C=CN=CC4=N3)ccc21. The molecule has 5 heterocycles. The summed E-state index contributed by atoms with van der Waals surface area (Å²) in [6.45, 7) is 4.83. The number of piperidine rings is 1. The summed E-state index contributed by atoms with van der Waals surface area (Å²) in [6, 6.07) is 5.27. The Hall–Kier alpha value is -3.90. The number of hydrogen-bond donors (Lipinski definition) is 4. The molecule has 4 N–H and O–H groups in total. The molecule has 2 saturated heterocycles. The van der Waals surface area contributed by atoms with Crippen LogP contribution in [-0.4, -0.2) is 64.2 Å². The van der Waals surface area contributed by atoms with Crippen molar-refractivity contribution >= 4 is 47.2 Å². The molecule has 1 spiro atoms. The fraction of sp³-hybridized carbons (Fsp3) is 0.364. The van der Waals surface area contributed by atoms with Crippen molar-refractivity contribution in [2.45, 2.75) is 37.6 Å². The predicted octanol–water partition coefficient (Wildman–Crippen LogP) is 0.973. The molecule has 1 aromatic carbocycles. The Morgan fingerprint density at radius 1 is 1.09 bits per heavy atom. The van der Waals surface area contributed by atoms with E-state index < -0.39 is 17.0 Å². The minimum atomic E-state index is -0.871.